The average molecular weight is 830 g/mol. The molecule has 0 amide bonds. The van der Waals surface area contributed by atoms with E-state index in [1.807, 2.05) is 49.1 Å². The van der Waals surface area contributed by atoms with Gasteiger partial charge in [0.25, 0.3) is 0 Å². The fraction of sp³-hybridized carbons (Fsp3) is 0.762. The maximum Gasteiger partial charge on any atom is 2.00 e. The molecule has 0 atom stereocenters. The second-order valence-electron chi connectivity index (χ2n) is 13.4. The minimum Gasteiger partial charge on any atom is -0.663 e. The maximum absolute atomic E-state index is 4.42. The number of aromatic nitrogens is 2. The van der Waals surface area contributed by atoms with Crippen LogP contribution in [0.1, 0.15) is 205 Å². The van der Waals surface area contributed by atoms with Crippen LogP contribution in [0.15, 0.2) is 46.6 Å². The van der Waals surface area contributed by atoms with Gasteiger partial charge in [0.2, 0.25) is 0 Å². The third kappa shape index (κ3) is 34.3. The van der Waals surface area contributed by atoms with Gasteiger partial charge in [0.15, 0.2) is 0 Å². The molecule has 2 aromatic rings. The molecule has 0 saturated carbocycles. The number of nitrogens with zero attached hydrogens (tertiary/aromatic N) is 4. The smallest absolute Gasteiger partial charge is 0.663 e. The molecule has 0 aromatic carbocycles. The molecule has 5 heteroatoms. The molecule has 0 fully saturated rings. The van der Waals surface area contributed by atoms with Crippen molar-refractivity contribution in [2.45, 2.75) is 194 Å². The molecule has 0 saturated heterocycles. The van der Waals surface area contributed by atoms with E-state index < -0.39 is 0 Å². The van der Waals surface area contributed by atoms with Gasteiger partial charge in [-0.2, -0.15) is 12.4 Å². The Morgan fingerprint density at radius 1 is 0.404 bits per heavy atom. The molecule has 2 aromatic heterocycles. The molecular formula is C42H74N4Pt. The summed E-state index contributed by atoms with van der Waals surface area (Å²) in [7, 11) is 0. The van der Waals surface area contributed by atoms with Gasteiger partial charge in [0.05, 0.1) is 0 Å². The average Bonchev–Trinajstić information content (AvgIpc) is 3.80. The predicted molar refractivity (Wildman–Crippen MR) is 205 cm³/mol. The molecule has 0 aliphatic rings. The number of hydrogen-bond donors (Lipinski definition) is 0. The monoisotopic (exact) mass is 830 g/mol. The van der Waals surface area contributed by atoms with Gasteiger partial charge in [-0.05, 0) is 12.8 Å². The molecule has 0 spiro atoms. The van der Waals surface area contributed by atoms with Crippen LogP contribution in [0.4, 0.5) is 0 Å². The van der Waals surface area contributed by atoms with Crippen molar-refractivity contribution in [1.82, 2.24) is 9.97 Å². The first kappa shape index (κ1) is 45.6. The van der Waals surface area contributed by atoms with Crippen LogP contribution in [-0.2, 0) is 21.1 Å². The molecule has 0 aliphatic heterocycles. The van der Waals surface area contributed by atoms with E-state index in [-0.39, 0.29) is 21.1 Å². The Morgan fingerprint density at radius 2 is 0.660 bits per heavy atom. The van der Waals surface area contributed by atoms with Gasteiger partial charge in [-0.3, -0.25) is 9.98 Å². The van der Waals surface area contributed by atoms with Crippen LogP contribution in [0.5, 0.6) is 0 Å². The molecule has 47 heavy (non-hydrogen) atoms. The van der Waals surface area contributed by atoms with Crippen molar-refractivity contribution in [2.24, 2.45) is 9.98 Å². The number of hydrogen-bond acceptors (Lipinski definition) is 2. The second kappa shape index (κ2) is 39.0. The molecule has 0 N–H and O–H groups in total. The van der Waals surface area contributed by atoms with E-state index in [9.17, 15) is 0 Å². The standard InChI is InChI=1S/2C21H37N2.Pt/c2*1-2-3-4-5-6-7-8-9-10-11-12-13-14-15-18-22-20-21-17-16-19-23-21;/h2*16-17,19-20H,2-15,18H2,1H3;/q2*-1;+2. The minimum atomic E-state index is 0. The molecule has 0 aliphatic carbocycles. The van der Waals surface area contributed by atoms with Gasteiger partial charge in [-0.25, -0.2) is 0 Å². The molecule has 2 rings (SSSR count). The summed E-state index contributed by atoms with van der Waals surface area (Å²) in [5, 5.41) is 0. The fourth-order valence-corrected chi connectivity index (χ4v) is 5.89. The third-order valence-electron chi connectivity index (χ3n) is 8.88. The number of unbranched alkanes of at least 4 members (excludes halogenated alkanes) is 26. The van der Waals surface area contributed by atoms with Crippen LogP contribution in [0.3, 0.4) is 0 Å². The topological polar surface area (TPSA) is 52.9 Å². The molecule has 4 nitrogen and oxygen atoms in total. The molecule has 0 bridgehead atoms. The van der Waals surface area contributed by atoms with Crippen molar-refractivity contribution in [3.8, 4) is 0 Å². The molecule has 272 valence electrons. The molecule has 0 radical (unpaired) electrons. The zero-order valence-corrected chi connectivity index (χ0v) is 33.2. The van der Waals surface area contributed by atoms with Crippen LogP contribution < -0.4 is 9.97 Å². The Hall–Kier alpha value is -1.41. The van der Waals surface area contributed by atoms with E-state index >= 15 is 0 Å². The first-order chi connectivity index (χ1) is 22.9. The molecule has 0 unspecified atom stereocenters. The summed E-state index contributed by atoms with van der Waals surface area (Å²) < 4.78 is 0. The van der Waals surface area contributed by atoms with Crippen LogP contribution in [0.25, 0.3) is 0 Å². The van der Waals surface area contributed by atoms with Crippen molar-refractivity contribution in [3.63, 3.8) is 0 Å². The zero-order valence-electron chi connectivity index (χ0n) is 30.9. The first-order valence-corrected chi connectivity index (χ1v) is 20.0. The van der Waals surface area contributed by atoms with E-state index in [0.717, 1.165) is 24.5 Å². The summed E-state index contributed by atoms with van der Waals surface area (Å²) in [4.78, 5) is 17.2. The SMILES string of the molecule is CCCCCCCCCCCCCCCCN=Cc1ccc[n-]1.CCCCCCCCCCCCCCCCN=Cc1ccc[n-]1.[Pt+2]. The summed E-state index contributed by atoms with van der Waals surface area (Å²) in [6.45, 7) is 6.47. The van der Waals surface area contributed by atoms with Crippen LogP contribution in [0, 0.1) is 0 Å². The first-order valence-electron chi connectivity index (χ1n) is 20.0. The largest absolute Gasteiger partial charge is 2.00 e. The minimum absolute atomic E-state index is 0. The number of aliphatic imine (C=N–C) groups is 2. The van der Waals surface area contributed by atoms with Crippen molar-refractivity contribution in [2.75, 3.05) is 13.1 Å². The van der Waals surface area contributed by atoms with Gasteiger partial charge < -0.3 is 9.97 Å². The quantitative estimate of drug-likeness (QED) is 0.0545. The zero-order chi connectivity index (χ0) is 32.9. The van der Waals surface area contributed by atoms with E-state index in [0.29, 0.717) is 0 Å². The number of rotatable bonds is 32. The van der Waals surface area contributed by atoms with Gasteiger partial charge >= 0.3 is 21.1 Å². The van der Waals surface area contributed by atoms with Gasteiger partial charge in [-0.1, -0.05) is 205 Å². The third-order valence-corrected chi connectivity index (χ3v) is 8.88. The fourth-order valence-electron chi connectivity index (χ4n) is 5.89. The Kier molecular flexibility index (Phi) is 37.9. The van der Waals surface area contributed by atoms with Crippen molar-refractivity contribution in [3.05, 3.63) is 48.0 Å². The van der Waals surface area contributed by atoms with E-state index in [2.05, 4.69) is 33.8 Å². The van der Waals surface area contributed by atoms with Crippen molar-refractivity contribution >= 4 is 12.4 Å². The van der Waals surface area contributed by atoms with Crippen LogP contribution in [0.2, 0.25) is 0 Å². The van der Waals surface area contributed by atoms with E-state index in [4.69, 9.17) is 0 Å². The van der Waals surface area contributed by atoms with Crippen LogP contribution in [-0.4, -0.2) is 25.5 Å². The molecule has 2 heterocycles. The normalized spacial score (nSPS) is 11.3. The van der Waals surface area contributed by atoms with Crippen molar-refractivity contribution < 1.29 is 21.1 Å². The van der Waals surface area contributed by atoms with Gasteiger partial charge in [0.1, 0.15) is 0 Å². The van der Waals surface area contributed by atoms with E-state index in [1.54, 1.807) is 0 Å². The summed E-state index contributed by atoms with van der Waals surface area (Å²) in [5.41, 5.74) is 1.96. The second-order valence-corrected chi connectivity index (χ2v) is 13.4. The maximum atomic E-state index is 4.42. The Morgan fingerprint density at radius 3 is 0.894 bits per heavy atom. The Balaban J connectivity index is 0.000000882. The summed E-state index contributed by atoms with van der Waals surface area (Å²) in [6, 6.07) is 7.89. The Labute approximate surface area is 306 Å². The Bertz CT molecular complexity index is 787. The summed E-state index contributed by atoms with van der Waals surface area (Å²) in [6.07, 6.45) is 46.8. The van der Waals surface area contributed by atoms with Gasteiger partial charge in [0, 0.05) is 25.5 Å². The predicted octanol–water partition coefficient (Wildman–Crippen LogP) is 13.1. The van der Waals surface area contributed by atoms with E-state index in [1.165, 1.54) is 180 Å². The molecular weight excluding hydrogens is 756 g/mol. The van der Waals surface area contributed by atoms with Crippen LogP contribution >= 0.6 is 0 Å². The van der Waals surface area contributed by atoms with Crippen molar-refractivity contribution in [1.29, 1.82) is 0 Å². The van der Waals surface area contributed by atoms with Gasteiger partial charge in [-0.15, -0.1) is 11.4 Å². The summed E-state index contributed by atoms with van der Waals surface area (Å²) in [5.74, 6) is 0. The summed E-state index contributed by atoms with van der Waals surface area (Å²) >= 11 is 0.